The molecule has 2 aliphatic heterocycles. The number of pyridine rings is 1. The molecule has 2 aromatic heterocycles. The second kappa shape index (κ2) is 10.4. The molecule has 38 heavy (non-hydrogen) atoms. The van der Waals surface area contributed by atoms with Crippen molar-refractivity contribution in [2.45, 2.75) is 19.9 Å². The molecule has 10 nitrogen and oxygen atoms in total. The fraction of sp³-hybridized carbons (Fsp3) is 0.357. The van der Waals surface area contributed by atoms with E-state index in [-0.39, 0.29) is 23.6 Å². The average Bonchev–Trinajstić information content (AvgIpc) is 3.41. The van der Waals surface area contributed by atoms with E-state index in [1.807, 2.05) is 36.6 Å². The number of imidazole rings is 1. The Morgan fingerprint density at radius 1 is 1.11 bits per heavy atom. The number of ether oxygens (including phenoxy) is 2. The van der Waals surface area contributed by atoms with Gasteiger partial charge in [0.2, 0.25) is 0 Å². The van der Waals surface area contributed by atoms with Crippen molar-refractivity contribution in [1.29, 1.82) is 0 Å². The number of amides is 1. The molecule has 5 rings (SSSR count). The molecule has 0 aliphatic carbocycles. The maximum absolute atomic E-state index is 13.4. The minimum atomic E-state index is -0.840. The highest BCUT2D eigenvalue weighted by molar-refractivity contribution is 6.46. The third-order valence-electron chi connectivity index (χ3n) is 7.26. The number of Topliss-reactive ketones (excluding diaryl/α,β-unsaturated/α-hetero) is 1. The Balaban J connectivity index is 1.60. The maximum Gasteiger partial charge on any atom is 0.337 e. The first kappa shape index (κ1) is 25.6. The van der Waals surface area contributed by atoms with E-state index in [1.165, 1.54) is 12.0 Å². The quantitative estimate of drug-likeness (QED) is 0.229. The predicted molar refractivity (Wildman–Crippen MR) is 139 cm³/mol. The Labute approximate surface area is 220 Å². The SMILES string of the molecule is COC(=O)c1ccc(C2/C(=C(\O)c3nc4c(C)cccn4c3C)C(=O)C(=O)N2CCN2CCOCC2)cc1. The van der Waals surface area contributed by atoms with E-state index in [9.17, 15) is 19.5 Å². The number of carbonyl (C=O) groups is 3. The van der Waals surface area contributed by atoms with E-state index in [0.29, 0.717) is 42.2 Å². The standard InChI is InChI=1S/C28H30N4O6/c1-17-5-4-10-31-18(2)22(29-26(17)31)24(33)21-23(19-6-8-20(9-7-19)28(36)37-3)32(27(35)25(21)34)12-11-30-13-15-38-16-14-30/h4-10,23,33H,11-16H2,1-3H3/b24-21+. The molecule has 1 atom stereocenters. The van der Waals surface area contributed by atoms with Crippen LogP contribution in [-0.4, -0.2) is 88.5 Å². The summed E-state index contributed by atoms with van der Waals surface area (Å²) in [6.07, 6.45) is 1.84. The summed E-state index contributed by atoms with van der Waals surface area (Å²) in [6, 6.07) is 9.49. The van der Waals surface area contributed by atoms with Gasteiger partial charge in [-0.1, -0.05) is 18.2 Å². The molecule has 1 amide bonds. The Hall–Kier alpha value is -4.02. The summed E-state index contributed by atoms with van der Waals surface area (Å²) < 4.78 is 12.1. The predicted octanol–water partition coefficient (Wildman–Crippen LogP) is 2.49. The molecule has 2 aliphatic rings. The number of morpholine rings is 1. The highest BCUT2D eigenvalue weighted by Crippen LogP contribution is 2.40. The zero-order valence-corrected chi connectivity index (χ0v) is 21.6. The van der Waals surface area contributed by atoms with Crippen LogP contribution < -0.4 is 0 Å². The molecule has 0 spiro atoms. The van der Waals surface area contributed by atoms with Gasteiger partial charge < -0.3 is 23.9 Å². The van der Waals surface area contributed by atoms with Crippen molar-refractivity contribution >= 4 is 29.1 Å². The third kappa shape index (κ3) is 4.46. The number of nitrogens with zero attached hydrogens (tertiary/aromatic N) is 4. The van der Waals surface area contributed by atoms with Gasteiger partial charge in [-0.25, -0.2) is 9.78 Å². The molecule has 2 saturated heterocycles. The largest absolute Gasteiger partial charge is 0.505 e. The summed E-state index contributed by atoms with van der Waals surface area (Å²) in [6.45, 7) is 7.27. The fourth-order valence-corrected chi connectivity index (χ4v) is 5.12. The number of hydrogen-bond donors (Lipinski definition) is 1. The van der Waals surface area contributed by atoms with E-state index < -0.39 is 23.7 Å². The van der Waals surface area contributed by atoms with Crippen LogP contribution >= 0.6 is 0 Å². The van der Waals surface area contributed by atoms with Crippen LogP contribution in [0, 0.1) is 13.8 Å². The molecule has 0 radical (unpaired) electrons. The lowest BCUT2D eigenvalue weighted by Gasteiger charge is -2.31. The minimum Gasteiger partial charge on any atom is -0.505 e. The molecular weight excluding hydrogens is 488 g/mol. The minimum absolute atomic E-state index is 0.0213. The Morgan fingerprint density at radius 2 is 1.82 bits per heavy atom. The van der Waals surface area contributed by atoms with Crippen LogP contribution in [0.15, 0.2) is 48.2 Å². The molecule has 3 aromatic rings. The molecule has 2 fully saturated rings. The number of hydrogen-bond acceptors (Lipinski definition) is 8. The van der Waals surface area contributed by atoms with Crippen LogP contribution in [0.3, 0.4) is 0 Å². The number of benzene rings is 1. The summed E-state index contributed by atoms with van der Waals surface area (Å²) >= 11 is 0. The number of esters is 1. The normalized spacial score (nSPS) is 19.9. The van der Waals surface area contributed by atoms with E-state index >= 15 is 0 Å². The van der Waals surface area contributed by atoms with E-state index in [2.05, 4.69) is 9.88 Å². The number of likely N-dealkylation sites (tertiary alicyclic amines) is 1. The van der Waals surface area contributed by atoms with Crippen LogP contribution in [0.2, 0.25) is 0 Å². The van der Waals surface area contributed by atoms with E-state index in [4.69, 9.17) is 9.47 Å². The van der Waals surface area contributed by atoms with Crippen molar-refractivity contribution in [2.24, 2.45) is 0 Å². The molecule has 4 heterocycles. The monoisotopic (exact) mass is 518 g/mol. The van der Waals surface area contributed by atoms with Crippen molar-refractivity contribution in [3.05, 3.63) is 76.2 Å². The molecule has 0 saturated carbocycles. The Bertz CT molecular complexity index is 1440. The number of methoxy groups -OCH3 is 1. The number of rotatable bonds is 6. The molecule has 0 bridgehead atoms. The summed E-state index contributed by atoms with van der Waals surface area (Å²) in [4.78, 5) is 47.0. The lowest BCUT2D eigenvalue weighted by atomic mass is 9.95. The summed E-state index contributed by atoms with van der Waals surface area (Å²) in [5.74, 6) is -2.26. The van der Waals surface area contributed by atoms with Gasteiger partial charge in [0.1, 0.15) is 11.3 Å². The highest BCUT2D eigenvalue weighted by atomic mass is 16.5. The Kier molecular flexibility index (Phi) is 7.00. The van der Waals surface area contributed by atoms with Crippen LogP contribution in [0.4, 0.5) is 0 Å². The van der Waals surface area contributed by atoms with Crippen molar-refractivity contribution in [3.63, 3.8) is 0 Å². The van der Waals surface area contributed by atoms with Gasteiger partial charge in [-0.2, -0.15) is 0 Å². The third-order valence-corrected chi connectivity index (χ3v) is 7.26. The summed E-state index contributed by atoms with van der Waals surface area (Å²) in [5, 5.41) is 11.5. The highest BCUT2D eigenvalue weighted by Gasteiger charge is 2.46. The van der Waals surface area contributed by atoms with E-state index in [0.717, 1.165) is 18.7 Å². The first-order chi connectivity index (χ1) is 18.3. The zero-order valence-electron chi connectivity index (χ0n) is 21.6. The fourth-order valence-electron chi connectivity index (χ4n) is 5.12. The van der Waals surface area contributed by atoms with Crippen molar-refractivity contribution in [3.8, 4) is 0 Å². The molecular formula is C28H30N4O6. The number of aliphatic hydroxyl groups is 1. The van der Waals surface area contributed by atoms with Crippen LogP contribution in [0.5, 0.6) is 0 Å². The summed E-state index contributed by atoms with van der Waals surface area (Å²) in [5.41, 5.74) is 3.39. The van der Waals surface area contributed by atoms with Gasteiger partial charge in [0, 0.05) is 32.4 Å². The smallest absolute Gasteiger partial charge is 0.337 e. The number of ketones is 1. The van der Waals surface area contributed by atoms with Gasteiger partial charge in [0.25, 0.3) is 11.7 Å². The van der Waals surface area contributed by atoms with Gasteiger partial charge >= 0.3 is 5.97 Å². The van der Waals surface area contributed by atoms with Gasteiger partial charge in [-0.3, -0.25) is 14.5 Å². The average molecular weight is 519 g/mol. The topological polar surface area (TPSA) is 114 Å². The number of fused-ring (bicyclic) bond motifs is 1. The zero-order chi connectivity index (χ0) is 27.0. The molecule has 1 N–H and O–H groups in total. The maximum atomic E-state index is 13.4. The number of aliphatic hydroxyl groups excluding tert-OH is 1. The second-order valence-corrected chi connectivity index (χ2v) is 9.49. The van der Waals surface area contributed by atoms with Crippen molar-refractivity contribution < 1.29 is 29.0 Å². The number of aryl methyl sites for hydroxylation is 2. The van der Waals surface area contributed by atoms with Crippen molar-refractivity contribution in [2.75, 3.05) is 46.5 Å². The van der Waals surface area contributed by atoms with Gasteiger partial charge in [0.05, 0.1) is 43.2 Å². The molecule has 1 unspecified atom stereocenters. The molecule has 1 aromatic carbocycles. The first-order valence-corrected chi connectivity index (χ1v) is 12.5. The Morgan fingerprint density at radius 3 is 2.47 bits per heavy atom. The van der Waals surface area contributed by atoms with Crippen molar-refractivity contribution in [1.82, 2.24) is 19.2 Å². The van der Waals surface area contributed by atoms with Gasteiger partial charge in [-0.15, -0.1) is 0 Å². The number of aromatic nitrogens is 2. The van der Waals surface area contributed by atoms with E-state index in [1.54, 1.807) is 24.3 Å². The second-order valence-electron chi connectivity index (χ2n) is 9.49. The lowest BCUT2D eigenvalue weighted by Crippen LogP contribution is -2.42. The molecule has 198 valence electrons. The van der Waals surface area contributed by atoms with Gasteiger partial charge in [-0.05, 0) is 43.2 Å². The first-order valence-electron chi connectivity index (χ1n) is 12.5. The van der Waals surface area contributed by atoms with Crippen LogP contribution in [-0.2, 0) is 19.1 Å². The summed E-state index contributed by atoms with van der Waals surface area (Å²) in [7, 11) is 1.30. The van der Waals surface area contributed by atoms with Crippen LogP contribution in [0.1, 0.15) is 38.9 Å². The van der Waals surface area contributed by atoms with Crippen LogP contribution in [0.25, 0.3) is 11.4 Å². The number of carbonyl (C=O) groups excluding carboxylic acids is 3. The van der Waals surface area contributed by atoms with Gasteiger partial charge in [0.15, 0.2) is 5.76 Å². The molecule has 10 heteroatoms. The lowest BCUT2D eigenvalue weighted by molar-refractivity contribution is -0.140.